The van der Waals surface area contributed by atoms with Gasteiger partial charge < -0.3 is 10.1 Å². The number of hydrogen-bond donors (Lipinski definition) is 1. The number of anilines is 1. The van der Waals surface area contributed by atoms with Gasteiger partial charge in [-0.15, -0.1) is 16.8 Å². The van der Waals surface area contributed by atoms with Crippen LogP contribution in [0, 0.1) is 0 Å². The number of aryl methyl sites for hydroxylation is 1. The topological polar surface area (TPSA) is 69.0 Å². The zero-order valence-electron chi connectivity index (χ0n) is 17.7. The van der Waals surface area contributed by atoms with Crippen LogP contribution in [0.2, 0.25) is 10.0 Å². The summed E-state index contributed by atoms with van der Waals surface area (Å²) in [7, 11) is 0. The number of hydrogen-bond acceptors (Lipinski definition) is 5. The molecule has 168 valence electrons. The molecule has 6 nitrogen and oxygen atoms in total. The van der Waals surface area contributed by atoms with Crippen molar-refractivity contribution in [2.24, 2.45) is 0 Å². The maximum Gasteiger partial charge on any atom is 0.234 e. The van der Waals surface area contributed by atoms with Gasteiger partial charge in [0.15, 0.2) is 11.0 Å². The number of nitrogens with zero attached hydrogens (tertiary/aromatic N) is 3. The zero-order valence-corrected chi connectivity index (χ0v) is 20.0. The molecule has 0 saturated heterocycles. The van der Waals surface area contributed by atoms with Gasteiger partial charge in [0.05, 0.1) is 5.75 Å². The first-order valence-electron chi connectivity index (χ1n) is 10.1. The maximum absolute atomic E-state index is 12.3. The van der Waals surface area contributed by atoms with Crippen molar-refractivity contribution >= 4 is 46.6 Å². The summed E-state index contributed by atoms with van der Waals surface area (Å²) in [5.41, 5.74) is 1.83. The summed E-state index contributed by atoms with van der Waals surface area (Å²) >= 11 is 13.2. The van der Waals surface area contributed by atoms with E-state index >= 15 is 0 Å². The number of thioether (sulfide) groups is 1. The summed E-state index contributed by atoms with van der Waals surface area (Å²) in [6, 6.07) is 12.9. The molecule has 0 bridgehead atoms. The Hall–Kier alpha value is -2.48. The van der Waals surface area contributed by atoms with Gasteiger partial charge in [-0.3, -0.25) is 9.36 Å². The van der Waals surface area contributed by atoms with Crippen LogP contribution in [0.3, 0.4) is 0 Å². The van der Waals surface area contributed by atoms with Crippen molar-refractivity contribution in [3.05, 3.63) is 76.6 Å². The Morgan fingerprint density at radius 3 is 2.56 bits per heavy atom. The minimum atomic E-state index is -0.202. The highest BCUT2D eigenvalue weighted by Gasteiger charge is 2.14. The Bertz CT molecular complexity index is 1050. The van der Waals surface area contributed by atoms with Gasteiger partial charge in [-0.05, 0) is 42.3 Å². The highest BCUT2D eigenvalue weighted by molar-refractivity contribution is 7.99. The van der Waals surface area contributed by atoms with E-state index in [9.17, 15) is 4.79 Å². The molecule has 0 atom stereocenters. The maximum atomic E-state index is 12.3. The quantitative estimate of drug-likeness (QED) is 0.262. The van der Waals surface area contributed by atoms with Crippen LogP contribution >= 0.6 is 35.0 Å². The van der Waals surface area contributed by atoms with Crippen molar-refractivity contribution in [3.8, 4) is 5.75 Å². The molecule has 3 aromatic rings. The van der Waals surface area contributed by atoms with E-state index in [0.29, 0.717) is 33.3 Å². The lowest BCUT2D eigenvalue weighted by molar-refractivity contribution is -0.113. The molecule has 0 fully saturated rings. The largest absolute Gasteiger partial charge is 0.486 e. The molecular weight excluding hydrogens is 467 g/mol. The number of carbonyl (C=O) groups is 1. The Labute approximate surface area is 202 Å². The predicted octanol–water partition coefficient (Wildman–Crippen LogP) is 6.03. The third-order valence-corrected chi connectivity index (χ3v) is 5.82. The van der Waals surface area contributed by atoms with Gasteiger partial charge in [0.25, 0.3) is 0 Å². The van der Waals surface area contributed by atoms with Crippen molar-refractivity contribution in [2.45, 2.75) is 38.1 Å². The lowest BCUT2D eigenvalue weighted by atomic mass is 10.1. The summed E-state index contributed by atoms with van der Waals surface area (Å²) in [4.78, 5) is 12.3. The van der Waals surface area contributed by atoms with E-state index in [2.05, 4.69) is 41.1 Å². The molecular formula is C23H24Cl2N4O2S. The van der Waals surface area contributed by atoms with E-state index in [-0.39, 0.29) is 18.3 Å². The molecule has 1 N–H and O–H groups in total. The summed E-state index contributed by atoms with van der Waals surface area (Å²) in [5.74, 6) is 1.38. The molecule has 0 aliphatic rings. The fraction of sp³-hybridized carbons (Fsp3) is 0.261. The second-order valence-corrected chi connectivity index (χ2v) is 8.79. The molecule has 1 amide bonds. The van der Waals surface area contributed by atoms with Crippen LogP contribution in [0.1, 0.15) is 24.7 Å². The standard InChI is InChI=1S/C23H24Cl2N4O2S/c1-3-5-16-6-8-20(9-7-16)31-14-21-27-28-23(29(21)10-4-2)32-15-22(30)26-19-12-17(24)11-18(25)13-19/h4,6-9,11-13H,2-3,5,10,14-15H2,1H3,(H,26,30). The second-order valence-electron chi connectivity index (χ2n) is 6.98. The summed E-state index contributed by atoms with van der Waals surface area (Å²) < 4.78 is 7.76. The number of halogens is 2. The second kappa shape index (κ2) is 11.9. The minimum absolute atomic E-state index is 0.152. The van der Waals surface area contributed by atoms with Crippen LogP contribution in [0.25, 0.3) is 0 Å². The number of benzene rings is 2. The van der Waals surface area contributed by atoms with Crippen LogP contribution in [0.15, 0.2) is 60.3 Å². The fourth-order valence-corrected chi connectivity index (χ4v) is 4.28. The lowest BCUT2D eigenvalue weighted by Gasteiger charge is -2.10. The SMILES string of the molecule is C=CCn1c(COc2ccc(CCC)cc2)nnc1SCC(=O)Nc1cc(Cl)cc(Cl)c1. The summed E-state index contributed by atoms with van der Waals surface area (Å²) in [6.07, 6.45) is 3.91. The van der Waals surface area contributed by atoms with E-state index in [1.807, 2.05) is 16.7 Å². The zero-order chi connectivity index (χ0) is 22.9. The van der Waals surface area contributed by atoms with Crippen molar-refractivity contribution in [3.63, 3.8) is 0 Å². The molecule has 9 heteroatoms. The van der Waals surface area contributed by atoms with Crippen molar-refractivity contribution < 1.29 is 9.53 Å². The van der Waals surface area contributed by atoms with Crippen LogP contribution < -0.4 is 10.1 Å². The van der Waals surface area contributed by atoms with Crippen LogP contribution in [-0.2, 0) is 24.4 Å². The average Bonchev–Trinajstić information content (AvgIpc) is 3.13. The van der Waals surface area contributed by atoms with Crippen LogP contribution in [0.4, 0.5) is 5.69 Å². The van der Waals surface area contributed by atoms with E-state index in [0.717, 1.165) is 18.6 Å². The van der Waals surface area contributed by atoms with Gasteiger partial charge in [0, 0.05) is 22.3 Å². The Morgan fingerprint density at radius 2 is 1.91 bits per heavy atom. The molecule has 0 radical (unpaired) electrons. The van der Waals surface area contributed by atoms with Gasteiger partial charge >= 0.3 is 0 Å². The van der Waals surface area contributed by atoms with Gasteiger partial charge in [-0.25, -0.2) is 0 Å². The molecule has 0 aliphatic heterocycles. The Kier molecular flexibility index (Phi) is 9.02. The van der Waals surface area contributed by atoms with Gasteiger partial charge in [-0.2, -0.15) is 0 Å². The van der Waals surface area contributed by atoms with Crippen molar-refractivity contribution in [1.29, 1.82) is 0 Å². The van der Waals surface area contributed by atoms with Crippen molar-refractivity contribution in [1.82, 2.24) is 14.8 Å². The van der Waals surface area contributed by atoms with Crippen LogP contribution in [-0.4, -0.2) is 26.4 Å². The van der Waals surface area contributed by atoms with E-state index in [1.54, 1.807) is 24.3 Å². The van der Waals surface area contributed by atoms with E-state index in [4.69, 9.17) is 27.9 Å². The number of rotatable bonds is 11. The average molecular weight is 491 g/mol. The number of allylic oxidation sites excluding steroid dienone is 1. The number of nitrogens with one attached hydrogen (secondary N) is 1. The smallest absolute Gasteiger partial charge is 0.234 e. The number of carbonyl (C=O) groups excluding carboxylic acids is 1. The highest BCUT2D eigenvalue weighted by Crippen LogP contribution is 2.24. The molecule has 1 aromatic heterocycles. The Balaban J connectivity index is 1.59. The van der Waals surface area contributed by atoms with Crippen molar-refractivity contribution in [2.75, 3.05) is 11.1 Å². The minimum Gasteiger partial charge on any atom is -0.486 e. The molecule has 0 unspecified atom stereocenters. The Morgan fingerprint density at radius 1 is 1.19 bits per heavy atom. The van der Waals surface area contributed by atoms with E-state index < -0.39 is 0 Å². The lowest BCUT2D eigenvalue weighted by Crippen LogP contribution is -2.15. The number of amides is 1. The highest BCUT2D eigenvalue weighted by atomic mass is 35.5. The van der Waals surface area contributed by atoms with Gasteiger partial charge in [0.2, 0.25) is 5.91 Å². The summed E-state index contributed by atoms with van der Waals surface area (Å²) in [5, 5.41) is 12.8. The van der Waals surface area contributed by atoms with E-state index in [1.165, 1.54) is 17.3 Å². The molecule has 0 aliphatic carbocycles. The molecule has 1 heterocycles. The van der Waals surface area contributed by atoms with Crippen LogP contribution in [0.5, 0.6) is 5.75 Å². The molecule has 0 saturated carbocycles. The normalized spacial score (nSPS) is 10.7. The first-order chi connectivity index (χ1) is 15.5. The first kappa shape index (κ1) is 24.2. The third kappa shape index (κ3) is 7.02. The first-order valence-corrected chi connectivity index (χ1v) is 11.9. The molecule has 3 rings (SSSR count). The third-order valence-electron chi connectivity index (χ3n) is 4.41. The molecule has 0 spiro atoms. The molecule has 2 aromatic carbocycles. The van der Waals surface area contributed by atoms with Gasteiger partial charge in [0.1, 0.15) is 12.4 Å². The number of aromatic nitrogens is 3. The van der Waals surface area contributed by atoms with Gasteiger partial charge in [-0.1, -0.05) is 66.5 Å². The fourth-order valence-electron chi connectivity index (χ4n) is 2.99. The molecule has 32 heavy (non-hydrogen) atoms. The predicted molar refractivity (Wildman–Crippen MR) is 131 cm³/mol. The summed E-state index contributed by atoms with van der Waals surface area (Å²) in [6.45, 7) is 6.73. The monoisotopic (exact) mass is 490 g/mol. The number of ether oxygens (including phenoxy) is 1.